The maximum atomic E-state index is 5.33. The zero-order valence-corrected chi connectivity index (χ0v) is 9.75. The maximum Gasteiger partial charge on any atom is 0.113 e. The number of ether oxygens (including phenoxy) is 1. The van der Waals surface area contributed by atoms with E-state index in [-0.39, 0.29) is 0 Å². The molecule has 2 aromatic rings. The van der Waals surface area contributed by atoms with Gasteiger partial charge in [-0.1, -0.05) is 17.3 Å². The van der Waals surface area contributed by atoms with Crippen LogP contribution in [0.2, 0.25) is 0 Å². The standard InChI is InChI=1S/C12H16N4O/c1-2-4-12-11(3-1)13-14-16(12)6-5-15-7-9-17-10-8-15/h1-4H,5-10H2. The number of benzene rings is 1. The lowest BCUT2D eigenvalue weighted by atomic mass is 10.3. The van der Waals surface area contributed by atoms with Crippen molar-refractivity contribution >= 4 is 11.0 Å². The van der Waals surface area contributed by atoms with Gasteiger partial charge in [-0.3, -0.25) is 4.90 Å². The molecule has 1 fully saturated rings. The van der Waals surface area contributed by atoms with Gasteiger partial charge in [-0.25, -0.2) is 4.68 Å². The van der Waals surface area contributed by atoms with Crippen molar-refractivity contribution in [1.82, 2.24) is 19.9 Å². The van der Waals surface area contributed by atoms with Crippen LogP contribution in [0.15, 0.2) is 24.3 Å². The van der Waals surface area contributed by atoms with Crippen LogP contribution in [0.5, 0.6) is 0 Å². The molecular weight excluding hydrogens is 216 g/mol. The van der Waals surface area contributed by atoms with E-state index in [2.05, 4.69) is 21.3 Å². The molecule has 90 valence electrons. The third-order valence-electron chi connectivity index (χ3n) is 3.15. The third kappa shape index (κ3) is 2.30. The van der Waals surface area contributed by atoms with E-state index in [0.717, 1.165) is 50.4 Å². The van der Waals surface area contributed by atoms with Crippen molar-refractivity contribution in [2.75, 3.05) is 32.8 Å². The van der Waals surface area contributed by atoms with E-state index in [9.17, 15) is 0 Å². The first-order chi connectivity index (χ1) is 8.43. The summed E-state index contributed by atoms with van der Waals surface area (Å²) in [5.74, 6) is 0. The van der Waals surface area contributed by atoms with Crippen LogP contribution in [-0.2, 0) is 11.3 Å². The second-order valence-corrected chi connectivity index (χ2v) is 4.26. The van der Waals surface area contributed by atoms with Crippen molar-refractivity contribution < 1.29 is 4.74 Å². The smallest absolute Gasteiger partial charge is 0.113 e. The Hall–Kier alpha value is -1.46. The van der Waals surface area contributed by atoms with E-state index in [1.54, 1.807) is 0 Å². The summed E-state index contributed by atoms with van der Waals surface area (Å²) in [5, 5.41) is 8.34. The number of nitrogens with zero attached hydrogens (tertiary/aromatic N) is 4. The molecule has 0 amide bonds. The van der Waals surface area contributed by atoms with Crippen molar-refractivity contribution in [2.24, 2.45) is 0 Å². The van der Waals surface area contributed by atoms with Gasteiger partial charge >= 0.3 is 0 Å². The average molecular weight is 232 g/mol. The van der Waals surface area contributed by atoms with Gasteiger partial charge in [0.15, 0.2) is 0 Å². The van der Waals surface area contributed by atoms with Crippen molar-refractivity contribution in [1.29, 1.82) is 0 Å². The summed E-state index contributed by atoms with van der Waals surface area (Å²) in [7, 11) is 0. The minimum Gasteiger partial charge on any atom is -0.379 e. The van der Waals surface area contributed by atoms with Gasteiger partial charge in [0.25, 0.3) is 0 Å². The number of fused-ring (bicyclic) bond motifs is 1. The highest BCUT2D eigenvalue weighted by Crippen LogP contribution is 2.09. The highest BCUT2D eigenvalue weighted by molar-refractivity contribution is 5.73. The van der Waals surface area contributed by atoms with Gasteiger partial charge in [-0.05, 0) is 12.1 Å². The first-order valence-corrected chi connectivity index (χ1v) is 6.02. The molecule has 0 bridgehead atoms. The normalized spacial score (nSPS) is 17.6. The first-order valence-electron chi connectivity index (χ1n) is 6.02. The second kappa shape index (κ2) is 4.81. The molecule has 1 aromatic carbocycles. The second-order valence-electron chi connectivity index (χ2n) is 4.26. The summed E-state index contributed by atoms with van der Waals surface area (Å²) in [5.41, 5.74) is 2.08. The van der Waals surface area contributed by atoms with E-state index >= 15 is 0 Å². The van der Waals surface area contributed by atoms with Crippen LogP contribution >= 0.6 is 0 Å². The highest BCUT2D eigenvalue weighted by atomic mass is 16.5. The fourth-order valence-electron chi connectivity index (χ4n) is 2.14. The number of hydrogen-bond acceptors (Lipinski definition) is 4. The van der Waals surface area contributed by atoms with Crippen molar-refractivity contribution in [2.45, 2.75) is 6.54 Å². The predicted molar refractivity (Wildman–Crippen MR) is 64.8 cm³/mol. The van der Waals surface area contributed by atoms with E-state index < -0.39 is 0 Å². The van der Waals surface area contributed by atoms with E-state index in [4.69, 9.17) is 4.74 Å². The molecule has 3 rings (SSSR count). The summed E-state index contributed by atoms with van der Waals surface area (Å²) < 4.78 is 7.31. The third-order valence-corrected chi connectivity index (χ3v) is 3.15. The Balaban J connectivity index is 1.68. The molecule has 1 saturated heterocycles. The molecule has 5 heteroatoms. The Morgan fingerprint density at radius 3 is 2.82 bits per heavy atom. The first kappa shape index (κ1) is 10.7. The van der Waals surface area contributed by atoms with Crippen LogP contribution in [0, 0.1) is 0 Å². The number of aromatic nitrogens is 3. The average Bonchev–Trinajstić information content (AvgIpc) is 2.81. The molecule has 0 N–H and O–H groups in total. The van der Waals surface area contributed by atoms with Crippen LogP contribution in [-0.4, -0.2) is 52.7 Å². The minimum atomic E-state index is 0.845. The molecule has 5 nitrogen and oxygen atoms in total. The summed E-state index contributed by atoms with van der Waals surface area (Å²) in [6, 6.07) is 8.07. The van der Waals surface area contributed by atoms with Crippen LogP contribution in [0.4, 0.5) is 0 Å². The molecule has 17 heavy (non-hydrogen) atoms. The molecule has 0 unspecified atom stereocenters. The lowest BCUT2D eigenvalue weighted by Gasteiger charge is -2.26. The van der Waals surface area contributed by atoms with Crippen molar-refractivity contribution in [3.05, 3.63) is 24.3 Å². The number of hydrogen-bond donors (Lipinski definition) is 0. The van der Waals surface area contributed by atoms with E-state index in [1.807, 2.05) is 22.9 Å². The summed E-state index contributed by atoms with van der Waals surface area (Å²) >= 11 is 0. The Labute approximate surface area is 100.0 Å². The predicted octanol–water partition coefficient (Wildman–Crippen LogP) is 0.763. The molecule has 1 aromatic heterocycles. The zero-order valence-electron chi connectivity index (χ0n) is 9.75. The van der Waals surface area contributed by atoms with Crippen molar-refractivity contribution in [3.8, 4) is 0 Å². The number of morpholine rings is 1. The minimum absolute atomic E-state index is 0.845. The Bertz CT molecular complexity index is 490. The summed E-state index contributed by atoms with van der Waals surface area (Å²) in [4.78, 5) is 2.40. The van der Waals surface area contributed by atoms with Gasteiger partial charge in [0.2, 0.25) is 0 Å². The van der Waals surface area contributed by atoms with Crippen LogP contribution < -0.4 is 0 Å². The zero-order chi connectivity index (χ0) is 11.5. The largest absolute Gasteiger partial charge is 0.379 e. The molecule has 1 aliphatic rings. The molecule has 0 atom stereocenters. The van der Waals surface area contributed by atoms with E-state index in [0.29, 0.717) is 0 Å². The van der Waals surface area contributed by atoms with Crippen LogP contribution in [0.25, 0.3) is 11.0 Å². The fraction of sp³-hybridized carbons (Fsp3) is 0.500. The van der Waals surface area contributed by atoms with Crippen LogP contribution in [0.3, 0.4) is 0 Å². The summed E-state index contributed by atoms with van der Waals surface area (Å²) in [6.45, 7) is 5.63. The Morgan fingerprint density at radius 2 is 1.94 bits per heavy atom. The van der Waals surface area contributed by atoms with Gasteiger partial charge in [0.05, 0.1) is 25.3 Å². The molecule has 0 radical (unpaired) electrons. The number of rotatable bonds is 3. The van der Waals surface area contributed by atoms with E-state index in [1.165, 1.54) is 0 Å². The molecule has 1 aliphatic heterocycles. The van der Waals surface area contributed by atoms with Gasteiger partial charge in [-0.2, -0.15) is 0 Å². The Kier molecular flexibility index (Phi) is 3.02. The van der Waals surface area contributed by atoms with Gasteiger partial charge in [0.1, 0.15) is 5.52 Å². The maximum absolute atomic E-state index is 5.33. The lowest BCUT2D eigenvalue weighted by molar-refractivity contribution is 0.0360. The highest BCUT2D eigenvalue weighted by Gasteiger charge is 2.11. The Morgan fingerprint density at radius 1 is 1.12 bits per heavy atom. The summed E-state index contributed by atoms with van der Waals surface area (Å²) in [6.07, 6.45) is 0. The molecule has 0 spiro atoms. The quantitative estimate of drug-likeness (QED) is 0.783. The van der Waals surface area contributed by atoms with Crippen molar-refractivity contribution in [3.63, 3.8) is 0 Å². The van der Waals surface area contributed by atoms with Gasteiger partial charge in [0, 0.05) is 19.6 Å². The van der Waals surface area contributed by atoms with Crippen LogP contribution in [0.1, 0.15) is 0 Å². The monoisotopic (exact) mass is 232 g/mol. The van der Waals surface area contributed by atoms with Gasteiger partial charge in [-0.15, -0.1) is 5.10 Å². The molecule has 2 heterocycles. The molecule has 0 aliphatic carbocycles. The topological polar surface area (TPSA) is 43.2 Å². The molecular formula is C12H16N4O. The van der Waals surface area contributed by atoms with Gasteiger partial charge < -0.3 is 4.74 Å². The number of para-hydroxylation sites is 1. The fourth-order valence-corrected chi connectivity index (χ4v) is 2.14. The lowest BCUT2D eigenvalue weighted by Crippen LogP contribution is -2.38. The SMILES string of the molecule is c1ccc2c(c1)nnn2CCN1CCOCC1. The molecule has 0 saturated carbocycles.